The maximum Gasteiger partial charge on any atom is 0.344 e. The Morgan fingerprint density at radius 3 is 2.58 bits per heavy atom. The van der Waals surface area contributed by atoms with E-state index in [-0.39, 0.29) is 0 Å². The summed E-state index contributed by atoms with van der Waals surface area (Å²) in [4.78, 5) is 22.1. The van der Waals surface area contributed by atoms with Crippen molar-refractivity contribution in [2.45, 2.75) is 26.9 Å². The molecule has 1 aromatic carbocycles. The van der Waals surface area contributed by atoms with Crippen molar-refractivity contribution in [2.75, 3.05) is 0 Å². The average Bonchev–Trinajstić information content (AvgIpc) is 2.30. The first-order valence-electron chi connectivity index (χ1n) is 5.83. The molecule has 0 bridgehead atoms. The Bertz CT molecular complexity index is 699. The number of aliphatic carboxylic acids is 1. The van der Waals surface area contributed by atoms with Gasteiger partial charge in [0.25, 0.3) is 0 Å². The molecule has 100 valence electrons. The van der Waals surface area contributed by atoms with E-state index in [4.69, 9.17) is 14.3 Å². The highest BCUT2D eigenvalue weighted by Crippen LogP contribution is 2.27. The number of ether oxygens (including phenoxy) is 1. The third kappa shape index (κ3) is 2.59. The molecule has 0 saturated heterocycles. The summed E-state index contributed by atoms with van der Waals surface area (Å²) >= 11 is 0. The van der Waals surface area contributed by atoms with E-state index in [1.54, 1.807) is 26.0 Å². The van der Waals surface area contributed by atoms with Crippen LogP contribution in [0.15, 0.2) is 27.4 Å². The Morgan fingerprint density at radius 1 is 1.26 bits per heavy atom. The number of hydrogen-bond donors (Lipinski definition) is 1. The SMILES string of the molecule is Cc1cc2oc(=O)cc(C)c2cc1O[C@@H](C)C(=O)O. The van der Waals surface area contributed by atoms with Gasteiger partial charge in [0.1, 0.15) is 11.3 Å². The van der Waals surface area contributed by atoms with E-state index in [2.05, 4.69) is 0 Å². The van der Waals surface area contributed by atoms with Crippen LogP contribution in [0.2, 0.25) is 0 Å². The van der Waals surface area contributed by atoms with Crippen molar-refractivity contribution < 1.29 is 19.1 Å². The largest absolute Gasteiger partial charge is 0.479 e. The molecule has 1 heterocycles. The van der Waals surface area contributed by atoms with Crippen molar-refractivity contribution in [3.8, 4) is 5.75 Å². The lowest BCUT2D eigenvalue weighted by Crippen LogP contribution is -2.23. The molecule has 0 aliphatic heterocycles. The summed E-state index contributed by atoms with van der Waals surface area (Å²) in [5.74, 6) is -0.560. The van der Waals surface area contributed by atoms with Crippen molar-refractivity contribution in [1.82, 2.24) is 0 Å². The van der Waals surface area contributed by atoms with Crippen molar-refractivity contribution in [2.24, 2.45) is 0 Å². The summed E-state index contributed by atoms with van der Waals surface area (Å²) in [7, 11) is 0. The Kier molecular flexibility index (Phi) is 3.29. The van der Waals surface area contributed by atoms with Crippen LogP contribution >= 0.6 is 0 Å². The summed E-state index contributed by atoms with van der Waals surface area (Å²) < 4.78 is 10.5. The van der Waals surface area contributed by atoms with Gasteiger partial charge in [-0.25, -0.2) is 9.59 Å². The average molecular weight is 262 g/mol. The van der Waals surface area contributed by atoms with Gasteiger partial charge >= 0.3 is 11.6 Å². The summed E-state index contributed by atoms with van der Waals surface area (Å²) in [6.45, 7) is 5.02. The number of fused-ring (bicyclic) bond motifs is 1. The van der Waals surface area contributed by atoms with Crippen LogP contribution in [-0.4, -0.2) is 17.2 Å². The van der Waals surface area contributed by atoms with Crippen molar-refractivity contribution in [3.63, 3.8) is 0 Å². The first-order valence-corrected chi connectivity index (χ1v) is 5.83. The van der Waals surface area contributed by atoms with E-state index in [9.17, 15) is 9.59 Å². The molecular weight excluding hydrogens is 248 g/mol. The van der Waals surface area contributed by atoms with Gasteiger partial charge in [-0.05, 0) is 44.0 Å². The highest BCUT2D eigenvalue weighted by Gasteiger charge is 2.15. The van der Waals surface area contributed by atoms with Gasteiger partial charge in [0, 0.05) is 11.5 Å². The Labute approximate surface area is 109 Å². The fourth-order valence-corrected chi connectivity index (χ4v) is 1.81. The van der Waals surface area contributed by atoms with Crippen LogP contribution in [0.25, 0.3) is 11.0 Å². The van der Waals surface area contributed by atoms with Crippen LogP contribution in [0, 0.1) is 13.8 Å². The van der Waals surface area contributed by atoms with E-state index in [1.807, 2.05) is 0 Å². The molecule has 5 nitrogen and oxygen atoms in total. The zero-order valence-corrected chi connectivity index (χ0v) is 10.9. The lowest BCUT2D eigenvalue weighted by atomic mass is 10.1. The molecule has 0 radical (unpaired) electrons. The molecule has 0 spiro atoms. The normalized spacial score (nSPS) is 12.4. The summed E-state index contributed by atoms with van der Waals surface area (Å²) in [5, 5.41) is 9.59. The molecule has 2 rings (SSSR count). The minimum atomic E-state index is -1.03. The minimum Gasteiger partial charge on any atom is -0.479 e. The standard InChI is InChI=1S/C14H14O5/c1-7-5-13(15)19-12-4-8(2)11(6-10(7)12)18-9(3)14(16)17/h4-6,9H,1-3H3,(H,16,17)/t9-/m0/s1. The van der Waals surface area contributed by atoms with Crippen LogP contribution in [0.3, 0.4) is 0 Å². The van der Waals surface area contributed by atoms with Gasteiger partial charge in [0.2, 0.25) is 0 Å². The van der Waals surface area contributed by atoms with Crippen molar-refractivity contribution in [1.29, 1.82) is 0 Å². The second-order valence-electron chi connectivity index (χ2n) is 4.46. The number of carbonyl (C=O) groups is 1. The predicted octanol–water partition coefficient (Wildman–Crippen LogP) is 2.26. The van der Waals surface area contributed by atoms with Gasteiger partial charge in [-0.3, -0.25) is 0 Å². The van der Waals surface area contributed by atoms with E-state index >= 15 is 0 Å². The number of carboxylic acids is 1. The van der Waals surface area contributed by atoms with E-state index < -0.39 is 17.7 Å². The van der Waals surface area contributed by atoms with Crippen LogP contribution in [0.5, 0.6) is 5.75 Å². The Hall–Kier alpha value is -2.30. The van der Waals surface area contributed by atoms with Crippen molar-refractivity contribution in [3.05, 3.63) is 39.7 Å². The second kappa shape index (κ2) is 4.76. The fraction of sp³-hybridized carbons (Fsp3) is 0.286. The fourth-order valence-electron chi connectivity index (χ4n) is 1.81. The highest BCUT2D eigenvalue weighted by molar-refractivity contribution is 5.83. The van der Waals surface area contributed by atoms with Gasteiger partial charge in [0.05, 0.1) is 0 Å². The van der Waals surface area contributed by atoms with Gasteiger partial charge < -0.3 is 14.3 Å². The number of aryl methyl sites for hydroxylation is 2. The maximum absolute atomic E-state index is 11.3. The predicted molar refractivity (Wildman–Crippen MR) is 69.7 cm³/mol. The molecule has 0 aliphatic carbocycles. The Balaban J connectivity index is 2.55. The maximum atomic E-state index is 11.3. The van der Waals surface area contributed by atoms with E-state index in [1.165, 1.54) is 13.0 Å². The van der Waals surface area contributed by atoms with Gasteiger partial charge in [-0.1, -0.05) is 0 Å². The topological polar surface area (TPSA) is 76.7 Å². The molecule has 1 N–H and O–H groups in total. The first-order chi connectivity index (χ1) is 8.88. The number of rotatable bonds is 3. The van der Waals surface area contributed by atoms with Crippen LogP contribution in [0.4, 0.5) is 0 Å². The molecule has 0 saturated carbocycles. The van der Waals surface area contributed by atoms with Gasteiger partial charge in [-0.15, -0.1) is 0 Å². The molecule has 1 atom stereocenters. The number of carboxylic acid groups (broad SMARTS) is 1. The third-order valence-electron chi connectivity index (χ3n) is 2.90. The molecular formula is C14H14O5. The van der Waals surface area contributed by atoms with Gasteiger partial charge in [-0.2, -0.15) is 0 Å². The lowest BCUT2D eigenvalue weighted by molar-refractivity contribution is -0.144. The summed E-state index contributed by atoms with van der Waals surface area (Å²) in [6.07, 6.45) is -0.938. The molecule has 19 heavy (non-hydrogen) atoms. The van der Waals surface area contributed by atoms with Crippen LogP contribution < -0.4 is 10.4 Å². The number of hydrogen-bond acceptors (Lipinski definition) is 4. The van der Waals surface area contributed by atoms with E-state index in [0.29, 0.717) is 16.9 Å². The second-order valence-corrected chi connectivity index (χ2v) is 4.46. The molecule has 0 aliphatic rings. The summed E-state index contributed by atoms with van der Waals surface area (Å²) in [5.41, 5.74) is 1.54. The van der Waals surface area contributed by atoms with Crippen molar-refractivity contribution >= 4 is 16.9 Å². The molecule has 1 aromatic heterocycles. The molecule has 5 heteroatoms. The quantitative estimate of drug-likeness (QED) is 0.858. The zero-order chi connectivity index (χ0) is 14.2. The Morgan fingerprint density at radius 2 is 1.95 bits per heavy atom. The van der Waals surface area contributed by atoms with Crippen LogP contribution in [-0.2, 0) is 4.79 Å². The highest BCUT2D eigenvalue weighted by atomic mass is 16.5. The lowest BCUT2D eigenvalue weighted by Gasteiger charge is -2.13. The zero-order valence-electron chi connectivity index (χ0n) is 10.9. The smallest absolute Gasteiger partial charge is 0.344 e. The van der Waals surface area contributed by atoms with Gasteiger partial charge in [0.15, 0.2) is 6.10 Å². The minimum absolute atomic E-state index is 0.406. The molecule has 2 aromatic rings. The molecule has 0 fully saturated rings. The third-order valence-corrected chi connectivity index (χ3v) is 2.90. The monoisotopic (exact) mass is 262 g/mol. The molecule has 0 unspecified atom stereocenters. The first kappa shape index (κ1) is 13.1. The summed E-state index contributed by atoms with van der Waals surface area (Å²) in [6, 6.07) is 4.76. The van der Waals surface area contributed by atoms with E-state index in [0.717, 1.165) is 10.9 Å². The number of benzene rings is 1. The molecule has 0 amide bonds. The van der Waals surface area contributed by atoms with Crippen LogP contribution in [0.1, 0.15) is 18.1 Å².